The molecule has 0 aliphatic heterocycles. The SMILES string of the molecule is O=C(COC(=O)CCCc1nc2ccccc2s1)Nc1c(F)cccc1F. The number of hydrogen-bond donors (Lipinski definition) is 1. The van der Waals surface area contributed by atoms with Crippen molar-refractivity contribution in [1.82, 2.24) is 4.98 Å². The topological polar surface area (TPSA) is 68.3 Å². The van der Waals surface area contributed by atoms with E-state index in [1.807, 2.05) is 24.3 Å². The summed E-state index contributed by atoms with van der Waals surface area (Å²) >= 11 is 1.57. The van der Waals surface area contributed by atoms with Gasteiger partial charge in [0, 0.05) is 6.42 Å². The smallest absolute Gasteiger partial charge is 0.306 e. The molecule has 1 amide bonds. The molecule has 0 fully saturated rings. The van der Waals surface area contributed by atoms with Crippen LogP contribution in [-0.4, -0.2) is 23.5 Å². The van der Waals surface area contributed by atoms with E-state index in [1.165, 1.54) is 6.07 Å². The lowest BCUT2D eigenvalue weighted by atomic mass is 10.2. The highest BCUT2D eigenvalue weighted by Gasteiger charge is 2.14. The number of aryl methyl sites for hydroxylation is 1. The lowest BCUT2D eigenvalue weighted by molar-refractivity contribution is -0.147. The van der Waals surface area contributed by atoms with Gasteiger partial charge in [-0.15, -0.1) is 11.3 Å². The van der Waals surface area contributed by atoms with Crippen molar-refractivity contribution in [2.24, 2.45) is 0 Å². The summed E-state index contributed by atoms with van der Waals surface area (Å²) in [5.41, 5.74) is 0.367. The van der Waals surface area contributed by atoms with Crippen molar-refractivity contribution < 1.29 is 23.1 Å². The van der Waals surface area contributed by atoms with Gasteiger partial charge in [0.15, 0.2) is 6.61 Å². The average molecular weight is 390 g/mol. The molecule has 0 radical (unpaired) electrons. The molecule has 1 N–H and O–H groups in total. The number of halogens is 2. The lowest BCUT2D eigenvalue weighted by Crippen LogP contribution is -2.22. The third-order valence-corrected chi connectivity index (χ3v) is 4.80. The molecule has 0 spiro atoms. The Morgan fingerprint density at radius 3 is 2.56 bits per heavy atom. The van der Waals surface area contributed by atoms with Crippen LogP contribution in [0, 0.1) is 11.6 Å². The monoisotopic (exact) mass is 390 g/mol. The number of nitrogens with one attached hydrogen (secondary N) is 1. The average Bonchev–Trinajstić information content (AvgIpc) is 3.06. The van der Waals surface area contributed by atoms with Gasteiger partial charge in [-0.1, -0.05) is 18.2 Å². The van der Waals surface area contributed by atoms with Crippen molar-refractivity contribution in [2.45, 2.75) is 19.3 Å². The van der Waals surface area contributed by atoms with Gasteiger partial charge in [-0.3, -0.25) is 9.59 Å². The quantitative estimate of drug-likeness (QED) is 0.618. The number of esters is 1. The highest BCUT2D eigenvalue weighted by Crippen LogP contribution is 2.22. The number of amides is 1. The molecule has 1 aromatic heterocycles. The molecule has 0 saturated heterocycles. The van der Waals surface area contributed by atoms with E-state index >= 15 is 0 Å². The summed E-state index contributed by atoms with van der Waals surface area (Å²) in [6.07, 6.45) is 1.28. The van der Waals surface area contributed by atoms with Crippen LogP contribution in [0.1, 0.15) is 17.8 Å². The van der Waals surface area contributed by atoms with E-state index in [-0.39, 0.29) is 6.42 Å². The fraction of sp³-hybridized carbons (Fsp3) is 0.211. The maximum absolute atomic E-state index is 13.4. The second kappa shape index (κ2) is 8.68. The third kappa shape index (κ3) is 5.07. The first-order valence-corrected chi connectivity index (χ1v) is 9.08. The molecule has 3 aromatic rings. The van der Waals surface area contributed by atoms with Crippen LogP contribution in [0.25, 0.3) is 10.2 Å². The van der Waals surface area contributed by atoms with Gasteiger partial charge in [0.05, 0.1) is 15.2 Å². The molecule has 2 aromatic carbocycles. The zero-order valence-corrected chi connectivity index (χ0v) is 15.0. The summed E-state index contributed by atoms with van der Waals surface area (Å²) in [4.78, 5) is 27.9. The molecule has 0 atom stereocenters. The first kappa shape index (κ1) is 18.9. The molecular formula is C19H16F2N2O3S. The Kier molecular flexibility index (Phi) is 6.08. The van der Waals surface area contributed by atoms with Gasteiger partial charge in [0.2, 0.25) is 0 Å². The van der Waals surface area contributed by atoms with Crippen LogP contribution in [0.3, 0.4) is 0 Å². The van der Waals surface area contributed by atoms with Crippen LogP contribution in [0.15, 0.2) is 42.5 Å². The molecule has 8 heteroatoms. The van der Waals surface area contributed by atoms with Crippen molar-refractivity contribution in [2.75, 3.05) is 11.9 Å². The Morgan fingerprint density at radius 1 is 1.07 bits per heavy atom. The van der Waals surface area contributed by atoms with Crippen LogP contribution in [0.5, 0.6) is 0 Å². The molecule has 3 rings (SSSR count). The minimum absolute atomic E-state index is 0.122. The summed E-state index contributed by atoms with van der Waals surface area (Å²) in [5.74, 6) is -3.16. The number of nitrogens with zero attached hydrogens (tertiary/aromatic N) is 1. The zero-order chi connectivity index (χ0) is 19.2. The predicted octanol–water partition coefficient (Wildman–Crippen LogP) is 4.08. The maximum Gasteiger partial charge on any atom is 0.306 e. The van der Waals surface area contributed by atoms with Gasteiger partial charge in [-0.25, -0.2) is 13.8 Å². The van der Waals surface area contributed by atoms with Crippen LogP contribution < -0.4 is 5.32 Å². The largest absolute Gasteiger partial charge is 0.456 e. The summed E-state index contributed by atoms with van der Waals surface area (Å²) in [7, 11) is 0. The molecule has 0 saturated carbocycles. The number of ether oxygens (including phenoxy) is 1. The Bertz CT molecular complexity index is 921. The van der Waals surface area contributed by atoms with E-state index in [0.29, 0.717) is 12.8 Å². The minimum atomic E-state index is -0.898. The molecule has 0 aliphatic carbocycles. The normalized spacial score (nSPS) is 10.7. The fourth-order valence-corrected chi connectivity index (χ4v) is 3.43. The number of anilines is 1. The Hall–Kier alpha value is -2.87. The van der Waals surface area contributed by atoms with Gasteiger partial charge >= 0.3 is 5.97 Å². The number of thiazole rings is 1. The van der Waals surface area contributed by atoms with Crippen molar-refractivity contribution in [3.63, 3.8) is 0 Å². The van der Waals surface area contributed by atoms with Gasteiger partial charge in [-0.2, -0.15) is 0 Å². The van der Waals surface area contributed by atoms with Crippen molar-refractivity contribution in [3.05, 3.63) is 59.1 Å². The van der Waals surface area contributed by atoms with Gasteiger partial charge in [0.1, 0.15) is 17.3 Å². The number of carbonyl (C=O) groups is 2. The van der Waals surface area contributed by atoms with Gasteiger partial charge in [0.25, 0.3) is 5.91 Å². The number of rotatable bonds is 7. The van der Waals surface area contributed by atoms with Crippen LogP contribution >= 0.6 is 11.3 Å². The molecule has 1 heterocycles. The van der Waals surface area contributed by atoms with Crippen LogP contribution in [0.2, 0.25) is 0 Å². The first-order chi connectivity index (χ1) is 13.0. The van der Waals surface area contributed by atoms with E-state index in [1.54, 1.807) is 11.3 Å². The van der Waals surface area contributed by atoms with E-state index in [0.717, 1.165) is 27.4 Å². The van der Waals surface area contributed by atoms with E-state index in [4.69, 9.17) is 4.74 Å². The second-order valence-electron chi connectivity index (χ2n) is 5.73. The van der Waals surface area contributed by atoms with Crippen molar-refractivity contribution in [1.29, 1.82) is 0 Å². The van der Waals surface area contributed by atoms with E-state index in [2.05, 4.69) is 10.3 Å². The van der Waals surface area contributed by atoms with Gasteiger partial charge < -0.3 is 10.1 Å². The molecule has 27 heavy (non-hydrogen) atoms. The zero-order valence-electron chi connectivity index (χ0n) is 14.2. The number of fused-ring (bicyclic) bond motifs is 1. The minimum Gasteiger partial charge on any atom is -0.456 e. The molecule has 5 nitrogen and oxygen atoms in total. The van der Waals surface area contributed by atoms with Gasteiger partial charge in [-0.05, 0) is 37.1 Å². The summed E-state index contributed by atoms with van der Waals surface area (Å²) < 4.78 is 32.8. The summed E-state index contributed by atoms with van der Waals surface area (Å²) in [6, 6.07) is 11.0. The Morgan fingerprint density at radius 2 is 1.81 bits per heavy atom. The maximum atomic E-state index is 13.4. The number of benzene rings is 2. The second-order valence-corrected chi connectivity index (χ2v) is 6.85. The van der Waals surface area contributed by atoms with Crippen LogP contribution in [0.4, 0.5) is 14.5 Å². The Balaban J connectivity index is 1.41. The summed E-state index contributed by atoms with van der Waals surface area (Å²) in [5, 5.41) is 2.98. The molecule has 0 aliphatic rings. The first-order valence-electron chi connectivity index (χ1n) is 8.27. The molecule has 140 valence electrons. The third-order valence-electron chi connectivity index (χ3n) is 3.70. The Labute approximate surface area is 158 Å². The highest BCUT2D eigenvalue weighted by atomic mass is 32.1. The van der Waals surface area contributed by atoms with Crippen molar-refractivity contribution in [3.8, 4) is 0 Å². The number of hydrogen-bond acceptors (Lipinski definition) is 5. The van der Waals surface area contributed by atoms with Crippen molar-refractivity contribution >= 4 is 39.1 Å². The standard InChI is InChI=1S/C19H16F2N2O3S/c20-12-5-3-6-13(21)19(12)23-16(24)11-26-18(25)10-4-9-17-22-14-7-1-2-8-15(14)27-17/h1-3,5-8H,4,9-11H2,(H,23,24). The number of aromatic nitrogens is 1. The summed E-state index contributed by atoms with van der Waals surface area (Å²) in [6.45, 7) is -0.603. The predicted molar refractivity (Wildman–Crippen MR) is 98.5 cm³/mol. The molecule has 0 unspecified atom stereocenters. The highest BCUT2D eigenvalue weighted by molar-refractivity contribution is 7.18. The molecule has 0 bridgehead atoms. The molecular weight excluding hydrogens is 374 g/mol. The fourth-order valence-electron chi connectivity index (χ4n) is 2.42. The van der Waals surface area contributed by atoms with Crippen LogP contribution in [-0.2, 0) is 20.7 Å². The lowest BCUT2D eigenvalue weighted by Gasteiger charge is -2.08. The number of carbonyl (C=O) groups excluding carboxylic acids is 2. The van der Waals surface area contributed by atoms with E-state index in [9.17, 15) is 18.4 Å². The number of para-hydroxylation sites is 2. The van der Waals surface area contributed by atoms with E-state index < -0.39 is 35.8 Å².